The highest BCUT2D eigenvalue weighted by atomic mass is 16.2. The summed E-state index contributed by atoms with van der Waals surface area (Å²) in [6.45, 7) is 2.31. The molecule has 4 aromatic carbocycles. The van der Waals surface area contributed by atoms with Gasteiger partial charge in [0.05, 0.1) is 33.9 Å². The number of carbonyl (C=O) groups is 6. The van der Waals surface area contributed by atoms with Crippen LogP contribution in [0.1, 0.15) is 69.2 Å². The number of H-pyrrole nitrogens is 2. The molecule has 20 heteroatoms. The van der Waals surface area contributed by atoms with E-state index in [0.717, 1.165) is 0 Å². The van der Waals surface area contributed by atoms with Crippen molar-refractivity contribution in [3.05, 3.63) is 204 Å². The van der Waals surface area contributed by atoms with Gasteiger partial charge in [-0.25, -0.2) is 19.1 Å². The van der Waals surface area contributed by atoms with Gasteiger partial charge in [0, 0.05) is 205 Å². The summed E-state index contributed by atoms with van der Waals surface area (Å²) >= 11 is 0. The third-order valence-electron chi connectivity index (χ3n) is 18.3. The second-order valence-corrected chi connectivity index (χ2v) is 24.6. The van der Waals surface area contributed by atoms with Crippen molar-refractivity contribution in [2.45, 2.75) is 25.7 Å². The average Bonchev–Trinajstić information content (AvgIpc) is 1.61. The molecule has 0 saturated carbocycles. The van der Waals surface area contributed by atoms with E-state index in [1.807, 2.05) is 194 Å². The molecule has 0 fully saturated rings. The van der Waals surface area contributed by atoms with Crippen LogP contribution in [0, 0.1) is 0 Å². The zero-order valence-corrected chi connectivity index (χ0v) is 53.4. The molecule has 0 aliphatic carbocycles. The fraction of sp³-hybridized carbons (Fsp3) is 0.211. The summed E-state index contributed by atoms with van der Waals surface area (Å²) in [6.07, 6.45) is 15.1. The van der Waals surface area contributed by atoms with Crippen LogP contribution >= 0.6 is 0 Å². The van der Waals surface area contributed by atoms with E-state index in [2.05, 4.69) is 41.0 Å². The zero-order valence-electron chi connectivity index (χ0n) is 53.4. The summed E-state index contributed by atoms with van der Waals surface area (Å²) in [4.78, 5) is 116. The third-order valence-corrected chi connectivity index (χ3v) is 18.3. The second-order valence-electron chi connectivity index (χ2n) is 24.6. The lowest BCUT2D eigenvalue weighted by Crippen LogP contribution is -2.46. The summed E-state index contributed by atoms with van der Waals surface area (Å²) in [7, 11) is 3.75. The van der Waals surface area contributed by atoms with E-state index in [1.165, 1.54) is 0 Å². The minimum Gasteiger partial charge on any atom is -0.354 e. The van der Waals surface area contributed by atoms with Gasteiger partial charge >= 0.3 is 0 Å². The van der Waals surface area contributed by atoms with Crippen LogP contribution in [-0.4, -0.2) is 140 Å². The third kappa shape index (κ3) is 13.2. The molecule has 0 unspecified atom stereocenters. The van der Waals surface area contributed by atoms with Crippen molar-refractivity contribution in [1.82, 2.24) is 39.5 Å². The minimum atomic E-state index is -0.322. The maximum Gasteiger partial charge on any atom is 0.254 e. The number of carbonyl (C=O) groups excluding carboxylic acids is 6. The molecule has 0 radical (unpaired) electrons. The van der Waals surface area contributed by atoms with Crippen LogP contribution in [0.2, 0.25) is 0 Å². The first-order valence-corrected chi connectivity index (χ1v) is 32.5. The molecule has 0 atom stereocenters. The number of aromatic amines is 2. The Bertz CT molecular complexity index is 4530. The van der Waals surface area contributed by atoms with Crippen LogP contribution < -0.4 is 30.4 Å². The summed E-state index contributed by atoms with van der Waals surface area (Å²) in [5.41, 5.74) is 13.2. The first-order chi connectivity index (χ1) is 46.8. The summed E-state index contributed by atoms with van der Waals surface area (Å²) < 4.78 is 3.70. The minimum absolute atomic E-state index is 0.0496. The van der Waals surface area contributed by atoms with E-state index in [0.29, 0.717) is 149 Å². The molecule has 5 aromatic heterocycles. The first kappa shape index (κ1) is 62.0. The summed E-state index contributed by atoms with van der Waals surface area (Å²) in [6, 6.07) is 45.6. The van der Waals surface area contributed by atoms with Gasteiger partial charge in [-0.05, 0) is 72.8 Å². The number of rotatable bonds is 2. The molecular weight excluding hydrogens is 1200 g/mol. The Kier molecular flexibility index (Phi) is 17.6. The monoisotopic (exact) mass is 1280 g/mol. The second kappa shape index (κ2) is 27.2. The Balaban J connectivity index is 1.07. The highest BCUT2D eigenvalue weighted by molar-refractivity contribution is 6.08. The van der Waals surface area contributed by atoms with Gasteiger partial charge in [-0.2, -0.15) is 0 Å². The zero-order chi connectivity index (χ0) is 65.8. The standard InChI is InChI=1S/C76H70N14O6/c1-85-35-27-49(28-36-85)75(95)89-41-33-69(93)83-57-17-9-5-13-53(57)73-63-23-21-61(78-63)71-51-11-3-7-15-55(51)81-67(91)31-39-87-40-32-68(92)82-56-16-8-4-12-52(56)72(60-20-19-59(71)77-60)62-22-24-64(79-62)74(66-26-25-65(73)80-66)54-14-6-10-18-58(54)84-70(94)34-42-90(48-46-88(44-43-87)45-47-89)76(96)50-29-37-86(2)38-30-50/h3-30,35-38H,31-34,39-48H2,1-2H3,(H4-,77,78,79,80,81,82,83,84,91,92,93,94,95)/p+2. The Labute approximate surface area is 554 Å². The number of benzene rings is 4. The Hall–Kier alpha value is -11.5. The van der Waals surface area contributed by atoms with Gasteiger partial charge in [0.25, 0.3) is 11.8 Å². The highest BCUT2D eigenvalue weighted by Gasteiger charge is 2.28. The molecule has 20 nitrogen and oxygen atoms in total. The van der Waals surface area contributed by atoms with Gasteiger partial charge in [0.15, 0.2) is 24.8 Å². The van der Waals surface area contributed by atoms with Crippen molar-refractivity contribution in [3.63, 3.8) is 0 Å². The van der Waals surface area contributed by atoms with E-state index in [4.69, 9.17) is 9.97 Å². The van der Waals surface area contributed by atoms with Gasteiger partial charge in [0.1, 0.15) is 14.1 Å². The molecule has 6 amide bonds. The number of nitrogens with zero attached hydrogens (tertiary/aromatic N) is 8. The van der Waals surface area contributed by atoms with Gasteiger partial charge in [0.2, 0.25) is 23.6 Å². The number of fused-ring (bicyclic) bond motifs is 19. The smallest absolute Gasteiger partial charge is 0.254 e. The van der Waals surface area contributed by atoms with Gasteiger partial charge < -0.3 is 45.9 Å². The fourth-order valence-electron chi connectivity index (χ4n) is 13.2. The molecule has 6 N–H and O–H groups in total. The number of para-hydroxylation sites is 4. The molecule has 480 valence electrons. The lowest BCUT2D eigenvalue weighted by molar-refractivity contribution is -0.671. The Morgan fingerprint density at radius 3 is 0.927 bits per heavy atom. The van der Waals surface area contributed by atoms with E-state index < -0.39 is 0 Å². The van der Waals surface area contributed by atoms with Crippen LogP contribution in [0.3, 0.4) is 0 Å². The topological polar surface area (TPSA) is 229 Å². The number of hydrogen-bond donors (Lipinski definition) is 6. The average molecular weight is 1280 g/mol. The van der Waals surface area contributed by atoms with Gasteiger partial charge in [-0.15, -0.1) is 0 Å². The normalized spacial score (nSPS) is 17.1. The molecule has 0 saturated heterocycles. The van der Waals surface area contributed by atoms with Crippen molar-refractivity contribution in [1.29, 1.82) is 0 Å². The molecule has 6 aliphatic heterocycles. The number of pyridine rings is 2. The van der Waals surface area contributed by atoms with Crippen molar-refractivity contribution < 1.29 is 37.9 Å². The molecule has 14 bridgehead atoms. The maximum absolute atomic E-state index is 14.9. The summed E-state index contributed by atoms with van der Waals surface area (Å²) in [5.74, 6) is -1.68. The quantitative estimate of drug-likeness (QED) is 0.0897. The molecule has 9 aromatic rings. The van der Waals surface area contributed by atoms with Crippen LogP contribution in [0.4, 0.5) is 22.7 Å². The van der Waals surface area contributed by atoms with Crippen LogP contribution in [-0.2, 0) is 33.3 Å². The molecular formula is C76H72N14O6+2. The number of aryl methyl sites for hydroxylation is 2. The van der Waals surface area contributed by atoms with Crippen molar-refractivity contribution in [2.24, 2.45) is 14.1 Å². The van der Waals surface area contributed by atoms with Crippen LogP contribution in [0.15, 0.2) is 170 Å². The van der Waals surface area contributed by atoms with Gasteiger partial charge in [-0.1, -0.05) is 72.8 Å². The first-order valence-electron chi connectivity index (χ1n) is 32.5. The highest BCUT2D eigenvalue weighted by Crippen LogP contribution is 2.43. The van der Waals surface area contributed by atoms with E-state index >= 15 is 0 Å². The Morgan fingerprint density at radius 2 is 0.615 bits per heavy atom. The number of hydrogen-bond acceptors (Lipinski definition) is 10. The molecule has 96 heavy (non-hydrogen) atoms. The maximum atomic E-state index is 14.9. The van der Waals surface area contributed by atoms with E-state index in [-0.39, 0.29) is 100 Å². The number of anilines is 4. The van der Waals surface area contributed by atoms with Crippen LogP contribution in [0.25, 0.3) is 90.9 Å². The number of amides is 6. The lowest BCUT2D eigenvalue weighted by atomic mass is 10.0. The van der Waals surface area contributed by atoms with Crippen molar-refractivity contribution in [2.75, 3.05) is 86.7 Å². The predicted octanol–water partition coefficient (Wildman–Crippen LogP) is 10.2. The number of nitrogens with one attached hydrogen (secondary N) is 6. The Morgan fingerprint density at radius 1 is 0.344 bits per heavy atom. The summed E-state index contributed by atoms with van der Waals surface area (Å²) in [5, 5.41) is 13.1. The largest absolute Gasteiger partial charge is 0.354 e. The van der Waals surface area contributed by atoms with Crippen LogP contribution in [0.5, 0.6) is 0 Å². The van der Waals surface area contributed by atoms with Crippen molar-refractivity contribution >= 4 is 105 Å². The molecule has 15 rings (SSSR count). The molecule has 6 aliphatic rings. The van der Waals surface area contributed by atoms with Gasteiger partial charge in [-0.3, -0.25) is 33.7 Å². The number of aromatic nitrogens is 6. The molecule has 0 spiro atoms. The van der Waals surface area contributed by atoms with Crippen molar-refractivity contribution in [3.8, 4) is 44.5 Å². The predicted molar refractivity (Wildman–Crippen MR) is 374 cm³/mol. The molecule has 11 heterocycles. The van der Waals surface area contributed by atoms with E-state index in [1.54, 1.807) is 34.1 Å². The lowest BCUT2D eigenvalue weighted by Gasteiger charge is -2.32. The SMILES string of the molecule is C[n+]1ccc(C(=O)N2CCC(=O)Nc3ccccc3-c3c4nc(c5c6ccc([nH]6)c6c7nc(c(c8ccc3[nH]8)-c3ccccc3NC(=O)CCN(CCC(=O)Nc3ccccc3-6)CCN(CC2)CCN(C(=O)c2cc[n+](C)cc2)CCC(=O)Nc2ccccc2-5)C=C7)C=C4)cc1. The van der Waals surface area contributed by atoms with E-state index in [9.17, 15) is 28.8 Å². The fourth-order valence-corrected chi connectivity index (χ4v) is 13.2.